The Morgan fingerprint density at radius 3 is 2.76 bits per heavy atom. The molecule has 1 fully saturated rings. The van der Waals surface area contributed by atoms with Crippen LogP contribution in [0.5, 0.6) is 11.5 Å². The van der Waals surface area contributed by atoms with Gasteiger partial charge in [0, 0.05) is 32.7 Å². The highest BCUT2D eigenvalue weighted by Crippen LogP contribution is 2.30. The van der Waals surface area contributed by atoms with Gasteiger partial charge in [0.15, 0.2) is 11.5 Å². The molecule has 0 aromatic heterocycles. The minimum atomic E-state index is 0.156. The Morgan fingerprint density at radius 1 is 1.18 bits per heavy atom. The van der Waals surface area contributed by atoms with E-state index >= 15 is 0 Å². The van der Waals surface area contributed by atoms with Crippen molar-refractivity contribution in [2.24, 2.45) is 0 Å². The van der Waals surface area contributed by atoms with Crippen LogP contribution in [0.4, 0.5) is 0 Å². The summed E-state index contributed by atoms with van der Waals surface area (Å²) in [5.74, 6) is 1.74. The van der Waals surface area contributed by atoms with E-state index in [4.69, 9.17) is 9.47 Å². The summed E-state index contributed by atoms with van der Waals surface area (Å²) in [7, 11) is 0. The molecule has 4 heteroatoms. The first-order valence-corrected chi connectivity index (χ1v) is 6.23. The van der Waals surface area contributed by atoms with Crippen LogP contribution in [0.2, 0.25) is 0 Å². The second-order valence-electron chi connectivity index (χ2n) is 4.55. The van der Waals surface area contributed by atoms with Crippen LogP contribution >= 0.6 is 0 Å². The largest absolute Gasteiger partial charge is 0.486 e. The predicted octanol–water partition coefficient (Wildman–Crippen LogP) is 0.732. The van der Waals surface area contributed by atoms with Crippen molar-refractivity contribution in [2.45, 2.75) is 6.10 Å². The van der Waals surface area contributed by atoms with Crippen molar-refractivity contribution in [3.05, 3.63) is 24.3 Å². The van der Waals surface area contributed by atoms with Crippen LogP contribution < -0.4 is 14.8 Å². The first-order valence-electron chi connectivity index (χ1n) is 6.23. The Morgan fingerprint density at radius 2 is 1.94 bits per heavy atom. The van der Waals surface area contributed by atoms with E-state index in [-0.39, 0.29) is 6.10 Å². The van der Waals surface area contributed by atoms with Crippen molar-refractivity contribution >= 4 is 0 Å². The quantitative estimate of drug-likeness (QED) is 0.818. The molecule has 0 saturated carbocycles. The molecular weight excluding hydrogens is 216 g/mol. The number of hydrogen-bond acceptors (Lipinski definition) is 4. The fourth-order valence-corrected chi connectivity index (χ4v) is 2.33. The van der Waals surface area contributed by atoms with E-state index in [1.165, 1.54) is 0 Å². The van der Waals surface area contributed by atoms with Crippen molar-refractivity contribution in [1.29, 1.82) is 0 Å². The standard InChI is InChI=1S/C13H18N2O2/c1-2-4-13-12(3-1)16-10-11(17-13)9-15-7-5-14-6-8-15/h1-4,11,14H,5-10H2. The minimum Gasteiger partial charge on any atom is -0.486 e. The molecule has 1 aromatic rings. The maximum absolute atomic E-state index is 5.95. The summed E-state index contributed by atoms with van der Waals surface area (Å²) < 4.78 is 11.7. The van der Waals surface area contributed by atoms with Gasteiger partial charge in [0.25, 0.3) is 0 Å². The number of ether oxygens (including phenoxy) is 2. The van der Waals surface area contributed by atoms with Crippen molar-refractivity contribution in [3.8, 4) is 11.5 Å². The third-order valence-electron chi connectivity index (χ3n) is 3.24. The molecule has 2 aliphatic rings. The molecule has 3 rings (SSSR count). The molecule has 1 aromatic carbocycles. The number of fused-ring (bicyclic) bond motifs is 1. The van der Waals surface area contributed by atoms with Crippen LogP contribution in [-0.2, 0) is 0 Å². The summed E-state index contributed by atoms with van der Waals surface area (Å²) in [6.07, 6.45) is 0.156. The number of rotatable bonds is 2. The molecule has 17 heavy (non-hydrogen) atoms. The van der Waals surface area contributed by atoms with E-state index in [1.807, 2.05) is 24.3 Å². The van der Waals surface area contributed by atoms with Crippen LogP contribution in [0.1, 0.15) is 0 Å². The summed E-state index contributed by atoms with van der Waals surface area (Å²) >= 11 is 0. The van der Waals surface area contributed by atoms with Gasteiger partial charge in [0.2, 0.25) is 0 Å². The van der Waals surface area contributed by atoms with Crippen molar-refractivity contribution in [1.82, 2.24) is 10.2 Å². The summed E-state index contributed by atoms with van der Waals surface area (Å²) in [6.45, 7) is 5.95. The molecule has 0 radical (unpaired) electrons. The lowest BCUT2D eigenvalue weighted by atomic mass is 10.2. The average molecular weight is 234 g/mol. The molecule has 1 atom stereocenters. The third kappa shape index (κ3) is 2.53. The van der Waals surface area contributed by atoms with Gasteiger partial charge >= 0.3 is 0 Å². The van der Waals surface area contributed by atoms with E-state index in [0.29, 0.717) is 6.61 Å². The molecule has 1 N–H and O–H groups in total. The van der Waals surface area contributed by atoms with Crippen LogP contribution in [0.3, 0.4) is 0 Å². The smallest absolute Gasteiger partial charge is 0.161 e. The van der Waals surface area contributed by atoms with E-state index in [9.17, 15) is 0 Å². The zero-order valence-corrected chi connectivity index (χ0v) is 9.89. The van der Waals surface area contributed by atoms with E-state index in [0.717, 1.165) is 44.2 Å². The maximum Gasteiger partial charge on any atom is 0.161 e. The molecule has 1 saturated heterocycles. The lowest BCUT2D eigenvalue weighted by Gasteiger charge is -2.33. The third-order valence-corrected chi connectivity index (χ3v) is 3.24. The first kappa shape index (κ1) is 10.9. The van der Waals surface area contributed by atoms with Crippen molar-refractivity contribution in [3.63, 3.8) is 0 Å². The fourth-order valence-electron chi connectivity index (χ4n) is 2.33. The molecule has 92 valence electrons. The van der Waals surface area contributed by atoms with Gasteiger partial charge < -0.3 is 14.8 Å². The average Bonchev–Trinajstić information content (AvgIpc) is 2.40. The number of hydrogen-bond donors (Lipinski definition) is 1. The van der Waals surface area contributed by atoms with Crippen LogP contribution in [0, 0.1) is 0 Å². The first-order chi connectivity index (χ1) is 8.42. The van der Waals surface area contributed by atoms with Gasteiger partial charge in [-0.2, -0.15) is 0 Å². The number of nitrogens with one attached hydrogen (secondary N) is 1. The molecule has 0 bridgehead atoms. The lowest BCUT2D eigenvalue weighted by Crippen LogP contribution is -2.49. The second-order valence-corrected chi connectivity index (χ2v) is 4.55. The maximum atomic E-state index is 5.95. The molecule has 0 amide bonds. The molecule has 4 nitrogen and oxygen atoms in total. The predicted molar refractivity (Wildman–Crippen MR) is 65.7 cm³/mol. The summed E-state index contributed by atoms with van der Waals surface area (Å²) in [4.78, 5) is 2.43. The molecule has 0 aliphatic carbocycles. The highest BCUT2D eigenvalue weighted by Gasteiger charge is 2.23. The van der Waals surface area contributed by atoms with Gasteiger partial charge in [0.1, 0.15) is 12.7 Å². The monoisotopic (exact) mass is 234 g/mol. The number of benzene rings is 1. The fraction of sp³-hybridized carbons (Fsp3) is 0.538. The number of para-hydroxylation sites is 2. The zero-order chi connectivity index (χ0) is 11.5. The van der Waals surface area contributed by atoms with Gasteiger partial charge in [-0.15, -0.1) is 0 Å². The zero-order valence-electron chi connectivity index (χ0n) is 9.89. The highest BCUT2D eigenvalue weighted by atomic mass is 16.6. The minimum absolute atomic E-state index is 0.156. The molecule has 2 heterocycles. The number of nitrogens with zero attached hydrogens (tertiary/aromatic N) is 1. The molecule has 2 aliphatic heterocycles. The van der Waals surface area contributed by atoms with E-state index in [1.54, 1.807) is 0 Å². The van der Waals surface area contributed by atoms with Crippen LogP contribution in [0.15, 0.2) is 24.3 Å². The molecule has 0 spiro atoms. The van der Waals surface area contributed by atoms with Crippen LogP contribution in [-0.4, -0.2) is 50.3 Å². The topological polar surface area (TPSA) is 33.7 Å². The van der Waals surface area contributed by atoms with Crippen molar-refractivity contribution in [2.75, 3.05) is 39.3 Å². The summed E-state index contributed by atoms with van der Waals surface area (Å²) in [5.41, 5.74) is 0. The second kappa shape index (κ2) is 4.94. The van der Waals surface area contributed by atoms with Gasteiger partial charge in [-0.3, -0.25) is 4.90 Å². The Balaban J connectivity index is 1.60. The SMILES string of the molecule is c1ccc2c(c1)OCC(CN1CCNCC1)O2. The highest BCUT2D eigenvalue weighted by molar-refractivity contribution is 5.40. The number of piperazine rings is 1. The molecule has 1 unspecified atom stereocenters. The Bertz CT molecular complexity index is 377. The van der Waals surface area contributed by atoms with E-state index in [2.05, 4.69) is 10.2 Å². The van der Waals surface area contributed by atoms with Crippen LogP contribution in [0.25, 0.3) is 0 Å². The van der Waals surface area contributed by atoms with Gasteiger partial charge in [-0.1, -0.05) is 12.1 Å². The summed E-state index contributed by atoms with van der Waals surface area (Å²) in [6, 6.07) is 7.88. The van der Waals surface area contributed by atoms with Gasteiger partial charge in [-0.25, -0.2) is 0 Å². The lowest BCUT2D eigenvalue weighted by molar-refractivity contribution is 0.0553. The van der Waals surface area contributed by atoms with Crippen molar-refractivity contribution < 1.29 is 9.47 Å². The van der Waals surface area contributed by atoms with Gasteiger partial charge in [0.05, 0.1) is 0 Å². The Kier molecular flexibility index (Phi) is 3.16. The summed E-state index contributed by atoms with van der Waals surface area (Å²) in [5, 5.41) is 3.35. The normalized spacial score (nSPS) is 24.6. The molecular formula is C13H18N2O2. The Labute approximate surface area is 102 Å². The Hall–Kier alpha value is -1.26. The van der Waals surface area contributed by atoms with Gasteiger partial charge in [-0.05, 0) is 12.1 Å². The van der Waals surface area contributed by atoms with E-state index < -0.39 is 0 Å².